The molecule has 0 unspecified atom stereocenters. The maximum absolute atomic E-state index is 12.3. The molecule has 4 rings (SSSR count). The van der Waals surface area contributed by atoms with E-state index in [2.05, 4.69) is 25.4 Å². The Balaban J connectivity index is 1.50. The number of carbonyl (C=O) groups is 1. The first-order valence-corrected chi connectivity index (χ1v) is 8.89. The molecule has 1 N–H and O–H groups in total. The number of nitrogens with zero attached hydrogens (tertiary/aromatic N) is 5. The highest BCUT2D eigenvalue weighted by Gasteiger charge is 2.11. The van der Waals surface area contributed by atoms with Gasteiger partial charge in [0.2, 0.25) is 5.88 Å². The lowest BCUT2D eigenvalue weighted by Crippen LogP contribution is -2.13. The predicted molar refractivity (Wildman–Crippen MR) is 108 cm³/mol. The number of aromatic nitrogens is 5. The van der Waals surface area contributed by atoms with Gasteiger partial charge in [-0.3, -0.25) is 9.78 Å². The van der Waals surface area contributed by atoms with Crippen molar-refractivity contribution >= 4 is 11.7 Å². The first kappa shape index (κ1) is 18.3. The molecule has 0 bridgehead atoms. The van der Waals surface area contributed by atoms with Crippen molar-refractivity contribution in [2.75, 3.05) is 12.4 Å². The van der Waals surface area contributed by atoms with Crippen molar-refractivity contribution in [1.82, 2.24) is 24.7 Å². The van der Waals surface area contributed by atoms with Crippen molar-refractivity contribution in [3.8, 4) is 22.8 Å². The van der Waals surface area contributed by atoms with Crippen LogP contribution in [0.4, 0.5) is 5.82 Å². The van der Waals surface area contributed by atoms with Crippen LogP contribution < -0.4 is 10.1 Å². The molecule has 0 saturated carbocycles. The molecule has 0 aliphatic heterocycles. The number of hydrogen-bond acceptors (Lipinski definition) is 6. The Kier molecular flexibility index (Phi) is 4.98. The maximum atomic E-state index is 12.3. The molecule has 144 valence electrons. The molecule has 0 aliphatic rings. The Labute approximate surface area is 167 Å². The molecule has 0 fully saturated rings. The molecular weight excluding hydrogens is 368 g/mol. The third-order valence-corrected chi connectivity index (χ3v) is 4.29. The van der Waals surface area contributed by atoms with Gasteiger partial charge in [0, 0.05) is 35.9 Å². The van der Waals surface area contributed by atoms with Crippen LogP contribution in [-0.2, 0) is 0 Å². The van der Waals surface area contributed by atoms with Gasteiger partial charge in [0.15, 0.2) is 0 Å². The highest BCUT2D eigenvalue weighted by Crippen LogP contribution is 2.20. The number of aryl methyl sites for hydroxylation is 1. The topological polar surface area (TPSA) is 94.8 Å². The first-order valence-electron chi connectivity index (χ1n) is 8.89. The Hall–Kier alpha value is -4.07. The van der Waals surface area contributed by atoms with E-state index in [1.165, 1.54) is 13.3 Å². The molecule has 0 saturated heterocycles. The lowest BCUT2D eigenvalue weighted by atomic mass is 10.2. The van der Waals surface area contributed by atoms with Crippen LogP contribution in [0.15, 0.2) is 67.3 Å². The van der Waals surface area contributed by atoms with E-state index in [4.69, 9.17) is 4.74 Å². The number of carbonyl (C=O) groups excluding carboxylic acids is 1. The van der Waals surface area contributed by atoms with E-state index < -0.39 is 0 Å². The van der Waals surface area contributed by atoms with Crippen LogP contribution in [0.25, 0.3) is 16.9 Å². The van der Waals surface area contributed by atoms with Gasteiger partial charge in [-0.05, 0) is 43.3 Å². The molecular formula is C21H18N6O2. The molecule has 1 amide bonds. The summed E-state index contributed by atoms with van der Waals surface area (Å²) in [5.74, 6) is 0.589. The van der Waals surface area contributed by atoms with E-state index in [0.717, 1.165) is 22.6 Å². The summed E-state index contributed by atoms with van der Waals surface area (Å²) in [4.78, 5) is 24.8. The van der Waals surface area contributed by atoms with E-state index in [9.17, 15) is 4.79 Å². The number of ether oxygens (including phenoxy) is 1. The zero-order valence-corrected chi connectivity index (χ0v) is 15.9. The molecule has 0 aromatic carbocycles. The van der Waals surface area contributed by atoms with Gasteiger partial charge < -0.3 is 10.1 Å². The van der Waals surface area contributed by atoms with Crippen LogP contribution in [0.3, 0.4) is 0 Å². The monoisotopic (exact) mass is 386 g/mol. The zero-order valence-electron chi connectivity index (χ0n) is 15.9. The minimum absolute atomic E-state index is 0.297. The average Bonchev–Trinajstić information content (AvgIpc) is 3.16. The fraction of sp³-hybridized carbons (Fsp3) is 0.0952. The number of methoxy groups -OCH3 is 1. The average molecular weight is 386 g/mol. The van der Waals surface area contributed by atoms with E-state index in [-0.39, 0.29) is 5.91 Å². The van der Waals surface area contributed by atoms with Gasteiger partial charge in [-0.15, -0.1) is 0 Å². The van der Waals surface area contributed by atoms with Gasteiger partial charge in [-0.1, -0.05) is 0 Å². The third kappa shape index (κ3) is 3.96. The van der Waals surface area contributed by atoms with Gasteiger partial charge in [-0.2, -0.15) is 5.10 Å². The van der Waals surface area contributed by atoms with Crippen LogP contribution in [0.5, 0.6) is 5.88 Å². The number of nitrogens with one attached hydrogen (secondary N) is 1. The standard InChI is InChI=1S/C21H18N6O2/c1-14-10-18(15-4-3-9-22-11-15)26-27(14)17-6-7-19(23-13-17)25-21(28)16-5-8-20(29-2)24-12-16/h3-13H,1-2H3,(H,23,25,28). The molecule has 4 heterocycles. The smallest absolute Gasteiger partial charge is 0.258 e. The molecule has 4 aromatic heterocycles. The number of amides is 1. The van der Waals surface area contributed by atoms with Gasteiger partial charge >= 0.3 is 0 Å². The number of hydrogen-bond donors (Lipinski definition) is 1. The maximum Gasteiger partial charge on any atom is 0.258 e. The van der Waals surface area contributed by atoms with Crippen LogP contribution >= 0.6 is 0 Å². The van der Waals surface area contributed by atoms with Gasteiger partial charge in [0.25, 0.3) is 5.91 Å². The van der Waals surface area contributed by atoms with Crippen LogP contribution in [-0.4, -0.2) is 37.7 Å². The second kappa shape index (κ2) is 7.89. The highest BCUT2D eigenvalue weighted by atomic mass is 16.5. The second-order valence-electron chi connectivity index (χ2n) is 6.27. The van der Waals surface area contributed by atoms with Crippen molar-refractivity contribution in [2.45, 2.75) is 6.92 Å². The summed E-state index contributed by atoms with van der Waals surface area (Å²) in [6.45, 7) is 1.97. The quantitative estimate of drug-likeness (QED) is 0.566. The second-order valence-corrected chi connectivity index (χ2v) is 6.27. The minimum atomic E-state index is -0.297. The van der Waals surface area contributed by atoms with Crippen molar-refractivity contribution < 1.29 is 9.53 Å². The Morgan fingerprint density at radius 1 is 1.07 bits per heavy atom. The van der Waals surface area contributed by atoms with E-state index in [0.29, 0.717) is 17.3 Å². The summed E-state index contributed by atoms with van der Waals surface area (Å²) in [6.07, 6.45) is 6.62. The summed E-state index contributed by atoms with van der Waals surface area (Å²) in [5, 5.41) is 7.39. The normalized spacial score (nSPS) is 10.6. The van der Waals surface area contributed by atoms with Gasteiger partial charge in [0.05, 0.1) is 30.3 Å². The lowest BCUT2D eigenvalue weighted by Gasteiger charge is -2.07. The molecule has 8 nitrogen and oxygen atoms in total. The summed E-state index contributed by atoms with van der Waals surface area (Å²) in [6, 6.07) is 12.7. The molecule has 0 atom stereocenters. The van der Waals surface area contributed by atoms with E-state index in [1.807, 2.05) is 31.2 Å². The van der Waals surface area contributed by atoms with E-state index >= 15 is 0 Å². The largest absolute Gasteiger partial charge is 0.481 e. The molecule has 8 heteroatoms. The zero-order chi connectivity index (χ0) is 20.2. The van der Waals surface area contributed by atoms with Crippen molar-refractivity contribution in [3.63, 3.8) is 0 Å². The molecule has 29 heavy (non-hydrogen) atoms. The Morgan fingerprint density at radius 2 is 1.97 bits per heavy atom. The SMILES string of the molecule is COc1ccc(C(=O)Nc2ccc(-n3nc(-c4cccnc4)cc3C)cn2)cn1. The molecule has 0 spiro atoms. The first-order chi connectivity index (χ1) is 14.1. The predicted octanol–water partition coefficient (Wildman–Crippen LogP) is 3.29. The summed E-state index contributed by atoms with van der Waals surface area (Å²) in [7, 11) is 1.52. The van der Waals surface area contributed by atoms with E-state index in [1.54, 1.807) is 41.5 Å². The Bertz CT molecular complexity index is 1120. The fourth-order valence-electron chi connectivity index (χ4n) is 2.80. The summed E-state index contributed by atoms with van der Waals surface area (Å²) in [5.41, 5.74) is 3.95. The van der Waals surface area contributed by atoms with Gasteiger partial charge in [0.1, 0.15) is 5.82 Å². The third-order valence-electron chi connectivity index (χ3n) is 4.29. The number of rotatable bonds is 5. The molecule has 0 aliphatic carbocycles. The lowest BCUT2D eigenvalue weighted by molar-refractivity contribution is 0.102. The molecule has 0 radical (unpaired) electrons. The van der Waals surface area contributed by atoms with Crippen molar-refractivity contribution in [1.29, 1.82) is 0 Å². The van der Waals surface area contributed by atoms with Crippen LogP contribution in [0.1, 0.15) is 16.1 Å². The minimum Gasteiger partial charge on any atom is -0.481 e. The fourth-order valence-corrected chi connectivity index (χ4v) is 2.80. The molecule has 4 aromatic rings. The highest BCUT2D eigenvalue weighted by molar-refractivity contribution is 6.03. The van der Waals surface area contributed by atoms with Gasteiger partial charge in [-0.25, -0.2) is 14.6 Å². The summed E-state index contributed by atoms with van der Waals surface area (Å²) < 4.78 is 6.80. The van der Waals surface area contributed by atoms with Crippen molar-refractivity contribution in [3.05, 3.63) is 78.5 Å². The number of anilines is 1. The summed E-state index contributed by atoms with van der Waals surface area (Å²) >= 11 is 0. The Morgan fingerprint density at radius 3 is 2.62 bits per heavy atom. The van der Waals surface area contributed by atoms with Crippen LogP contribution in [0, 0.1) is 6.92 Å². The van der Waals surface area contributed by atoms with Crippen LogP contribution in [0.2, 0.25) is 0 Å². The number of pyridine rings is 3. The van der Waals surface area contributed by atoms with Crippen molar-refractivity contribution in [2.24, 2.45) is 0 Å².